The summed E-state index contributed by atoms with van der Waals surface area (Å²) < 4.78 is 0. The van der Waals surface area contributed by atoms with E-state index in [9.17, 15) is 14.4 Å². The fourth-order valence-electron chi connectivity index (χ4n) is 0.742. The molecule has 0 bridgehead atoms. The van der Waals surface area contributed by atoms with Gasteiger partial charge >= 0.3 is 36.8 Å². The average molecular weight is 199 g/mol. The third-order valence-electron chi connectivity index (χ3n) is 1.08. The minimum absolute atomic E-state index is 0. The molecule has 0 saturated carbocycles. The molecule has 0 spiro atoms. The Labute approximate surface area is 91.5 Å². The van der Waals surface area contributed by atoms with Crippen LogP contribution in [0.3, 0.4) is 0 Å². The number of nitrogens with zero attached hydrogens (tertiary/aromatic N) is 1. The van der Waals surface area contributed by atoms with Crippen LogP contribution in [0.15, 0.2) is 0 Å². The van der Waals surface area contributed by atoms with E-state index in [-0.39, 0.29) is 18.9 Å². The van der Waals surface area contributed by atoms with Gasteiger partial charge in [0.15, 0.2) is 0 Å². The van der Waals surface area contributed by atoms with E-state index in [1.165, 1.54) is 0 Å². The predicted octanol–water partition coefficient (Wildman–Crippen LogP) is -2.11. The second-order valence-electron chi connectivity index (χ2n) is 2.33. The van der Waals surface area contributed by atoms with Gasteiger partial charge in [-0.25, -0.2) is 0 Å². The van der Waals surface area contributed by atoms with Gasteiger partial charge < -0.3 is 15.3 Å². The molecular weight excluding hydrogens is 189 g/mol. The van der Waals surface area contributed by atoms with Crippen molar-refractivity contribution in [3.63, 3.8) is 0 Å². The van der Waals surface area contributed by atoms with E-state index >= 15 is 0 Å². The Morgan fingerprint density at radius 3 is 1.14 bits per heavy atom. The van der Waals surface area contributed by atoms with Crippen LogP contribution < -0.4 is 0 Å². The summed E-state index contributed by atoms with van der Waals surface area (Å²) in [5.41, 5.74) is 0. The van der Waals surface area contributed by atoms with Crippen molar-refractivity contribution in [2.75, 3.05) is 19.6 Å². The number of carboxylic acids is 3. The van der Waals surface area contributed by atoms with Crippen molar-refractivity contribution in [1.29, 1.82) is 0 Å². The van der Waals surface area contributed by atoms with Crippen LogP contribution in [-0.4, -0.2) is 76.6 Å². The van der Waals surface area contributed by atoms with Gasteiger partial charge in [0.2, 0.25) is 0 Å². The monoisotopic (exact) mass is 199 g/mol. The van der Waals surface area contributed by atoms with Crippen LogP contribution in [0.2, 0.25) is 0 Å². The quantitative estimate of drug-likeness (QED) is 0.419. The third-order valence-corrected chi connectivity index (χ3v) is 1.08. The van der Waals surface area contributed by atoms with Gasteiger partial charge in [-0.15, -0.1) is 0 Å². The first-order valence-electron chi connectivity index (χ1n) is 3.29. The maximum absolute atomic E-state index is 10.1. The standard InChI is InChI=1S/C6H9NO6.Li.H/c8-4(9)1-7(2-5(10)11)3-6(12)13;;/h1-3H2,(H,8,9)(H,10,11)(H,12,13);;. The van der Waals surface area contributed by atoms with E-state index in [4.69, 9.17) is 15.3 Å². The summed E-state index contributed by atoms with van der Waals surface area (Å²) in [5, 5.41) is 24.8. The summed E-state index contributed by atoms with van der Waals surface area (Å²) in [6.07, 6.45) is 0. The van der Waals surface area contributed by atoms with E-state index in [0.29, 0.717) is 0 Å². The van der Waals surface area contributed by atoms with Crippen LogP contribution in [0.25, 0.3) is 0 Å². The molecule has 14 heavy (non-hydrogen) atoms. The summed E-state index contributed by atoms with van der Waals surface area (Å²) in [6, 6.07) is 0. The second-order valence-corrected chi connectivity index (χ2v) is 2.33. The van der Waals surface area contributed by atoms with E-state index in [1.54, 1.807) is 0 Å². The molecule has 0 unspecified atom stereocenters. The van der Waals surface area contributed by atoms with Gasteiger partial charge in [-0.05, 0) is 0 Å². The van der Waals surface area contributed by atoms with Crippen LogP contribution in [0, 0.1) is 0 Å². The van der Waals surface area contributed by atoms with Crippen LogP contribution >= 0.6 is 0 Å². The first-order chi connectivity index (χ1) is 5.91. The number of hydrogen-bond donors (Lipinski definition) is 3. The zero-order valence-corrected chi connectivity index (χ0v) is 6.63. The van der Waals surface area contributed by atoms with Gasteiger partial charge in [-0.3, -0.25) is 19.3 Å². The Hall–Kier alpha value is -1.03. The van der Waals surface area contributed by atoms with E-state index < -0.39 is 37.5 Å². The van der Waals surface area contributed by atoms with Crippen molar-refractivity contribution in [3.8, 4) is 0 Å². The number of hydrogen-bond acceptors (Lipinski definition) is 4. The summed E-state index contributed by atoms with van der Waals surface area (Å²) in [4.78, 5) is 31.2. The maximum atomic E-state index is 10.1. The average Bonchev–Trinajstić information content (AvgIpc) is 1.80. The molecule has 0 heterocycles. The molecule has 0 aromatic rings. The predicted molar refractivity (Wildman–Crippen MR) is 46.5 cm³/mol. The molecule has 8 heteroatoms. The molecule has 0 aromatic heterocycles. The van der Waals surface area contributed by atoms with Gasteiger partial charge in [0.1, 0.15) is 0 Å². The summed E-state index contributed by atoms with van der Waals surface area (Å²) in [7, 11) is 0. The minimum atomic E-state index is -1.26. The molecule has 76 valence electrons. The van der Waals surface area contributed by atoms with Gasteiger partial charge in [0.25, 0.3) is 0 Å². The molecule has 0 amide bonds. The molecular formula is C6H10LiNO6. The molecule has 7 nitrogen and oxygen atoms in total. The van der Waals surface area contributed by atoms with Crippen molar-refractivity contribution >= 4 is 36.8 Å². The Bertz CT molecular complexity index is 192. The molecule has 0 radical (unpaired) electrons. The fraction of sp³-hybridized carbons (Fsp3) is 0.500. The number of carbonyl (C=O) groups is 3. The molecule has 0 aliphatic rings. The van der Waals surface area contributed by atoms with Crippen LogP contribution in [-0.2, 0) is 14.4 Å². The number of aliphatic carboxylic acids is 3. The van der Waals surface area contributed by atoms with E-state index in [2.05, 4.69) is 0 Å². The Kier molecular flexibility index (Phi) is 8.14. The summed E-state index contributed by atoms with van der Waals surface area (Å²) in [6.45, 7) is -1.80. The molecule has 0 aliphatic carbocycles. The van der Waals surface area contributed by atoms with E-state index in [1.807, 2.05) is 0 Å². The third kappa shape index (κ3) is 9.06. The SMILES string of the molecule is O=C(O)CN(CC(=O)O)CC(=O)O.[LiH]. The van der Waals surface area contributed by atoms with Crippen LogP contribution in [0.4, 0.5) is 0 Å². The van der Waals surface area contributed by atoms with Crippen molar-refractivity contribution in [2.45, 2.75) is 0 Å². The summed E-state index contributed by atoms with van der Waals surface area (Å²) in [5.74, 6) is -3.78. The van der Waals surface area contributed by atoms with Crippen molar-refractivity contribution < 1.29 is 29.7 Å². The Balaban J connectivity index is 0. The Morgan fingerprint density at radius 1 is 0.786 bits per heavy atom. The first-order valence-corrected chi connectivity index (χ1v) is 3.29. The number of rotatable bonds is 6. The summed E-state index contributed by atoms with van der Waals surface area (Å²) >= 11 is 0. The molecule has 0 atom stereocenters. The van der Waals surface area contributed by atoms with Crippen molar-refractivity contribution in [1.82, 2.24) is 4.90 Å². The second kappa shape index (κ2) is 7.38. The molecule has 0 fully saturated rings. The van der Waals surface area contributed by atoms with Crippen LogP contribution in [0.5, 0.6) is 0 Å². The van der Waals surface area contributed by atoms with Crippen LogP contribution in [0.1, 0.15) is 0 Å². The van der Waals surface area contributed by atoms with Crippen molar-refractivity contribution in [3.05, 3.63) is 0 Å². The zero-order chi connectivity index (χ0) is 10.4. The first kappa shape index (κ1) is 15.4. The fourth-order valence-corrected chi connectivity index (χ4v) is 0.742. The van der Waals surface area contributed by atoms with Gasteiger partial charge in [-0.2, -0.15) is 0 Å². The van der Waals surface area contributed by atoms with Crippen molar-refractivity contribution in [2.24, 2.45) is 0 Å². The molecule has 3 N–H and O–H groups in total. The normalized spacial score (nSPS) is 9.21. The topological polar surface area (TPSA) is 115 Å². The molecule has 0 aliphatic heterocycles. The zero-order valence-electron chi connectivity index (χ0n) is 6.63. The molecule has 0 saturated heterocycles. The Morgan fingerprint density at radius 2 is 1.00 bits per heavy atom. The molecule has 0 aromatic carbocycles. The number of carboxylic acid groups (broad SMARTS) is 3. The van der Waals surface area contributed by atoms with Gasteiger partial charge in [-0.1, -0.05) is 0 Å². The van der Waals surface area contributed by atoms with E-state index in [0.717, 1.165) is 4.90 Å². The van der Waals surface area contributed by atoms with Gasteiger partial charge in [0, 0.05) is 0 Å². The van der Waals surface area contributed by atoms with Gasteiger partial charge in [0.05, 0.1) is 19.6 Å². The molecule has 0 rings (SSSR count).